The van der Waals surface area contributed by atoms with Gasteiger partial charge < -0.3 is 5.73 Å². The number of thioether (sulfide) groups is 1. The van der Waals surface area contributed by atoms with E-state index in [1.165, 1.54) is 17.7 Å². The first kappa shape index (κ1) is 9.41. The lowest BCUT2D eigenvalue weighted by Crippen LogP contribution is -1.97. The Bertz CT molecular complexity index is 421. The number of nitrogen functional groups attached to an aromatic ring is 1. The zero-order valence-electron chi connectivity index (χ0n) is 7.41. The first-order valence-electron chi connectivity index (χ1n) is 3.80. The smallest absolute Gasteiger partial charge is 0.203 e. The van der Waals surface area contributed by atoms with Crippen LogP contribution in [0.15, 0.2) is 10.7 Å². The fraction of sp³-hybridized carbons (Fsp3) is 0.333. The fourth-order valence-electron chi connectivity index (χ4n) is 0.856. The van der Waals surface area contributed by atoms with E-state index in [0.717, 1.165) is 15.9 Å². The van der Waals surface area contributed by atoms with Crippen LogP contribution < -0.4 is 5.73 Å². The number of rotatable bonds is 3. The van der Waals surface area contributed by atoms with Crippen molar-refractivity contribution >= 4 is 28.2 Å². The quantitative estimate of drug-likeness (QED) is 0.772. The van der Waals surface area contributed by atoms with Crippen LogP contribution in [0.1, 0.15) is 5.82 Å². The number of aromatic nitrogens is 5. The summed E-state index contributed by atoms with van der Waals surface area (Å²) in [5.74, 6) is 1.63. The highest BCUT2D eigenvalue weighted by molar-refractivity contribution is 8.00. The van der Waals surface area contributed by atoms with Crippen LogP contribution >= 0.6 is 23.1 Å². The number of aryl methyl sites for hydroxylation is 1. The molecule has 14 heavy (non-hydrogen) atoms. The molecule has 2 N–H and O–H groups in total. The predicted octanol–water partition coefficient (Wildman–Crippen LogP) is 0.541. The van der Waals surface area contributed by atoms with Gasteiger partial charge in [0.1, 0.15) is 12.2 Å². The fourth-order valence-corrected chi connectivity index (χ4v) is 2.48. The van der Waals surface area contributed by atoms with Crippen LogP contribution in [0.2, 0.25) is 0 Å². The third-order valence-electron chi connectivity index (χ3n) is 1.55. The van der Waals surface area contributed by atoms with Crippen molar-refractivity contribution in [2.24, 2.45) is 7.05 Å². The van der Waals surface area contributed by atoms with E-state index in [1.54, 1.807) is 16.4 Å². The summed E-state index contributed by atoms with van der Waals surface area (Å²) in [6, 6.07) is 0. The highest BCUT2D eigenvalue weighted by Gasteiger charge is 2.05. The molecule has 8 heteroatoms. The molecule has 2 heterocycles. The summed E-state index contributed by atoms with van der Waals surface area (Å²) < 4.78 is 2.59. The lowest BCUT2D eigenvalue weighted by Gasteiger charge is -1.96. The summed E-state index contributed by atoms with van der Waals surface area (Å²) in [5, 5.41) is 12.1. The molecule has 6 nitrogen and oxygen atoms in total. The minimum atomic E-state index is 0.491. The minimum absolute atomic E-state index is 0.491. The Hall–Kier alpha value is -1.15. The van der Waals surface area contributed by atoms with Crippen molar-refractivity contribution in [3.05, 3.63) is 12.2 Å². The number of hydrogen-bond donors (Lipinski definition) is 1. The lowest BCUT2D eigenvalue weighted by molar-refractivity contribution is 0.730. The van der Waals surface area contributed by atoms with Crippen molar-refractivity contribution in [2.45, 2.75) is 10.1 Å². The molecule has 0 spiro atoms. The molecule has 0 bridgehead atoms. The average molecular weight is 228 g/mol. The second kappa shape index (κ2) is 3.93. The Labute approximate surface area is 88.6 Å². The topological polar surface area (TPSA) is 82.5 Å². The predicted molar refractivity (Wildman–Crippen MR) is 54.9 cm³/mol. The van der Waals surface area contributed by atoms with Gasteiger partial charge in [0.2, 0.25) is 5.13 Å². The van der Waals surface area contributed by atoms with Crippen LogP contribution in [0.25, 0.3) is 0 Å². The first-order valence-corrected chi connectivity index (χ1v) is 5.60. The van der Waals surface area contributed by atoms with E-state index in [4.69, 9.17) is 5.73 Å². The number of hydrogen-bond acceptors (Lipinski definition) is 7. The van der Waals surface area contributed by atoms with Crippen LogP contribution in [0.5, 0.6) is 0 Å². The average Bonchev–Trinajstić information content (AvgIpc) is 2.72. The van der Waals surface area contributed by atoms with Crippen molar-refractivity contribution in [2.75, 3.05) is 5.73 Å². The van der Waals surface area contributed by atoms with Crippen molar-refractivity contribution < 1.29 is 0 Å². The molecule has 0 fully saturated rings. The summed E-state index contributed by atoms with van der Waals surface area (Å²) >= 11 is 2.93. The Kier molecular flexibility index (Phi) is 2.64. The standard InChI is InChI=1S/C6H8N6S2/c1-12-4(8-3-9-12)2-13-6-11-10-5(7)14-6/h3H,2H2,1H3,(H2,7,10). The van der Waals surface area contributed by atoms with Crippen LogP contribution in [0.3, 0.4) is 0 Å². The lowest BCUT2D eigenvalue weighted by atomic mass is 10.7. The summed E-state index contributed by atoms with van der Waals surface area (Å²) in [7, 11) is 1.86. The molecule has 0 radical (unpaired) electrons. The van der Waals surface area contributed by atoms with Crippen LogP contribution in [0.4, 0.5) is 5.13 Å². The summed E-state index contributed by atoms with van der Waals surface area (Å²) in [6.45, 7) is 0. The van der Waals surface area contributed by atoms with E-state index in [0.29, 0.717) is 5.13 Å². The molecule has 2 aromatic heterocycles. The highest BCUT2D eigenvalue weighted by Crippen LogP contribution is 2.25. The first-order chi connectivity index (χ1) is 6.75. The van der Waals surface area contributed by atoms with Crippen LogP contribution in [0, 0.1) is 0 Å². The SMILES string of the molecule is Cn1ncnc1CSc1nnc(N)s1. The summed E-state index contributed by atoms with van der Waals surface area (Å²) in [4.78, 5) is 4.09. The molecule has 0 atom stereocenters. The summed E-state index contributed by atoms with van der Waals surface area (Å²) in [6.07, 6.45) is 1.53. The van der Waals surface area contributed by atoms with Crippen LogP contribution in [-0.2, 0) is 12.8 Å². The van der Waals surface area contributed by atoms with Crippen molar-refractivity contribution in [1.82, 2.24) is 25.0 Å². The third-order valence-corrected chi connectivity index (χ3v) is 3.43. The largest absolute Gasteiger partial charge is 0.374 e. The van der Waals surface area contributed by atoms with Gasteiger partial charge in [-0.2, -0.15) is 5.10 Å². The van der Waals surface area contributed by atoms with Gasteiger partial charge in [-0.3, -0.25) is 4.68 Å². The van der Waals surface area contributed by atoms with Gasteiger partial charge in [-0.15, -0.1) is 10.2 Å². The maximum absolute atomic E-state index is 5.46. The van der Waals surface area contributed by atoms with Gasteiger partial charge >= 0.3 is 0 Å². The van der Waals surface area contributed by atoms with Crippen LogP contribution in [-0.4, -0.2) is 25.0 Å². The van der Waals surface area contributed by atoms with E-state index in [2.05, 4.69) is 20.3 Å². The molecule has 0 aromatic carbocycles. The van der Waals surface area contributed by atoms with Crippen molar-refractivity contribution in [3.8, 4) is 0 Å². The molecule has 74 valence electrons. The van der Waals surface area contributed by atoms with Gasteiger partial charge in [-0.25, -0.2) is 4.98 Å². The van der Waals surface area contributed by atoms with E-state index >= 15 is 0 Å². The normalized spacial score (nSPS) is 10.6. The number of nitrogens with two attached hydrogens (primary N) is 1. The van der Waals surface area contributed by atoms with Gasteiger partial charge in [-0.05, 0) is 0 Å². The zero-order chi connectivity index (χ0) is 9.97. The van der Waals surface area contributed by atoms with E-state index in [-0.39, 0.29) is 0 Å². The third kappa shape index (κ3) is 2.02. The molecular formula is C6H8N6S2. The maximum atomic E-state index is 5.46. The Morgan fingerprint density at radius 2 is 2.43 bits per heavy atom. The molecule has 0 aliphatic rings. The molecular weight excluding hydrogens is 220 g/mol. The molecule has 0 saturated heterocycles. The monoisotopic (exact) mass is 228 g/mol. The van der Waals surface area contributed by atoms with Gasteiger partial charge in [0.05, 0.1) is 5.75 Å². The molecule has 0 aliphatic heterocycles. The van der Waals surface area contributed by atoms with Gasteiger partial charge in [0.15, 0.2) is 4.34 Å². The second-order valence-electron chi connectivity index (χ2n) is 2.49. The Balaban J connectivity index is 1.98. The number of anilines is 1. The van der Waals surface area contributed by atoms with Gasteiger partial charge in [0.25, 0.3) is 0 Å². The molecule has 0 aliphatic carbocycles. The zero-order valence-corrected chi connectivity index (χ0v) is 9.05. The maximum Gasteiger partial charge on any atom is 0.203 e. The highest BCUT2D eigenvalue weighted by atomic mass is 32.2. The molecule has 2 rings (SSSR count). The Morgan fingerprint density at radius 3 is 3.00 bits per heavy atom. The molecule has 0 amide bonds. The van der Waals surface area contributed by atoms with Gasteiger partial charge in [0, 0.05) is 7.05 Å². The molecule has 0 unspecified atom stereocenters. The second-order valence-corrected chi connectivity index (χ2v) is 4.73. The molecule has 0 saturated carbocycles. The van der Waals surface area contributed by atoms with E-state index < -0.39 is 0 Å². The van der Waals surface area contributed by atoms with E-state index in [9.17, 15) is 0 Å². The Morgan fingerprint density at radius 1 is 1.57 bits per heavy atom. The van der Waals surface area contributed by atoms with Crippen molar-refractivity contribution in [3.63, 3.8) is 0 Å². The van der Waals surface area contributed by atoms with Gasteiger partial charge in [-0.1, -0.05) is 23.1 Å². The summed E-state index contributed by atoms with van der Waals surface area (Å²) in [5.41, 5.74) is 5.46. The molecule has 2 aromatic rings. The van der Waals surface area contributed by atoms with Crippen molar-refractivity contribution in [1.29, 1.82) is 0 Å². The number of nitrogens with zero attached hydrogens (tertiary/aromatic N) is 5. The van der Waals surface area contributed by atoms with E-state index in [1.807, 2.05) is 7.05 Å². The minimum Gasteiger partial charge on any atom is -0.374 e.